The average Bonchev–Trinajstić information content (AvgIpc) is 2.26. The van der Waals surface area contributed by atoms with Crippen LogP contribution >= 0.6 is 15.9 Å². The molecule has 0 saturated carbocycles. The van der Waals surface area contributed by atoms with E-state index in [1.807, 2.05) is 12.1 Å². The zero-order valence-corrected chi connectivity index (χ0v) is 12.3. The van der Waals surface area contributed by atoms with Crippen LogP contribution in [0, 0.1) is 0 Å². The molecule has 0 spiro atoms. The Balaban J connectivity index is 2.32. The van der Waals surface area contributed by atoms with Crippen LogP contribution in [-0.4, -0.2) is 44.1 Å². The molecule has 0 saturated heterocycles. The normalized spacial score (nSPS) is 12.0. The summed E-state index contributed by atoms with van der Waals surface area (Å²) in [6.07, 6.45) is 1.72. The third-order valence-electron chi connectivity index (χ3n) is 2.19. The second-order valence-electron chi connectivity index (χ2n) is 3.74. The molecular formula is C10H16BrN3O2S. The number of sulfonamides is 1. The fourth-order valence-electron chi connectivity index (χ4n) is 1.11. The number of rotatable bonds is 6. The van der Waals surface area contributed by atoms with E-state index >= 15 is 0 Å². The Labute approximate surface area is 110 Å². The maximum atomic E-state index is 11.5. The largest absolute Gasteiger partial charge is 0.310 e. The van der Waals surface area contributed by atoms with Gasteiger partial charge in [-0.05, 0) is 28.1 Å². The van der Waals surface area contributed by atoms with Crippen LogP contribution in [0.3, 0.4) is 0 Å². The number of hydrogen-bond donors (Lipinski definition) is 1. The Bertz CT molecular complexity index is 445. The molecule has 7 heteroatoms. The number of hydrogen-bond acceptors (Lipinski definition) is 4. The first-order chi connectivity index (χ1) is 7.92. The summed E-state index contributed by atoms with van der Waals surface area (Å²) >= 11 is 3.30. The van der Waals surface area contributed by atoms with E-state index in [1.165, 1.54) is 18.4 Å². The quantitative estimate of drug-likeness (QED) is 0.788. The highest BCUT2D eigenvalue weighted by atomic mass is 79.9. The molecule has 0 aliphatic rings. The molecule has 0 unspecified atom stereocenters. The van der Waals surface area contributed by atoms with Crippen LogP contribution in [0.25, 0.3) is 0 Å². The van der Waals surface area contributed by atoms with Gasteiger partial charge in [-0.3, -0.25) is 4.98 Å². The van der Waals surface area contributed by atoms with Crippen molar-refractivity contribution in [2.24, 2.45) is 0 Å². The van der Waals surface area contributed by atoms with E-state index in [4.69, 9.17) is 0 Å². The summed E-state index contributed by atoms with van der Waals surface area (Å²) < 4.78 is 25.1. The summed E-state index contributed by atoms with van der Waals surface area (Å²) in [5.74, 6) is 0.0938. The van der Waals surface area contributed by atoms with E-state index in [1.54, 1.807) is 6.20 Å². The van der Waals surface area contributed by atoms with Gasteiger partial charge < -0.3 is 5.32 Å². The number of pyridine rings is 1. The second kappa shape index (κ2) is 6.44. The molecule has 1 heterocycles. The topological polar surface area (TPSA) is 62.3 Å². The maximum absolute atomic E-state index is 11.5. The Morgan fingerprint density at radius 3 is 2.65 bits per heavy atom. The fraction of sp³-hybridized carbons (Fsp3) is 0.500. The van der Waals surface area contributed by atoms with Gasteiger partial charge in [-0.2, -0.15) is 0 Å². The first kappa shape index (κ1) is 14.6. The lowest BCUT2D eigenvalue weighted by Crippen LogP contribution is -2.31. The molecule has 0 atom stereocenters. The van der Waals surface area contributed by atoms with Crippen molar-refractivity contribution in [3.63, 3.8) is 0 Å². The first-order valence-corrected chi connectivity index (χ1v) is 7.53. The van der Waals surface area contributed by atoms with Gasteiger partial charge in [0.15, 0.2) is 0 Å². The van der Waals surface area contributed by atoms with Crippen molar-refractivity contribution >= 4 is 26.0 Å². The van der Waals surface area contributed by atoms with E-state index in [-0.39, 0.29) is 5.75 Å². The van der Waals surface area contributed by atoms with Crippen molar-refractivity contribution in [2.75, 3.05) is 26.4 Å². The lowest BCUT2D eigenvalue weighted by atomic mass is 10.3. The van der Waals surface area contributed by atoms with Crippen molar-refractivity contribution in [1.82, 2.24) is 14.6 Å². The summed E-state index contributed by atoms with van der Waals surface area (Å²) in [5.41, 5.74) is 0.885. The second-order valence-corrected chi connectivity index (χ2v) is 6.96. The van der Waals surface area contributed by atoms with E-state index in [9.17, 15) is 8.42 Å². The zero-order chi connectivity index (χ0) is 12.9. The Morgan fingerprint density at radius 2 is 2.12 bits per heavy atom. The van der Waals surface area contributed by atoms with Gasteiger partial charge in [-0.1, -0.05) is 0 Å². The standard InChI is InChI=1S/C10H16BrN3O2S/c1-14(2)17(15,16)6-5-12-8-10-4-3-9(11)7-13-10/h3-4,7,12H,5-6,8H2,1-2H3. The van der Waals surface area contributed by atoms with Gasteiger partial charge in [0.25, 0.3) is 0 Å². The van der Waals surface area contributed by atoms with E-state index in [0.717, 1.165) is 10.2 Å². The lowest BCUT2D eigenvalue weighted by molar-refractivity contribution is 0.517. The Morgan fingerprint density at radius 1 is 1.41 bits per heavy atom. The predicted octanol–water partition coefficient (Wildman–Crippen LogP) is 0.825. The molecule has 0 bridgehead atoms. The van der Waals surface area contributed by atoms with Crippen LogP contribution in [0.2, 0.25) is 0 Å². The van der Waals surface area contributed by atoms with Crippen LogP contribution in [0.5, 0.6) is 0 Å². The molecule has 0 aliphatic heterocycles. The molecule has 0 amide bonds. The summed E-state index contributed by atoms with van der Waals surface area (Å²) in [6.45, 7) is 0.981. The molecule has 1 rings (SSSR count). The van der Waals surface area contributed by atoms with Crippen molar-refractivity contribution in [2.45, 2.75) is 6.54 Å². The van der Waals surface area contributed by atoms with Crippen molar-refractivity contribution < 1.29 is 8.42 Å². The highest BCUT2D eigenvalue weighted by molar-refractivity contribution is 9.10. The third-order valence-corrected chi connectivity index (χ3v) is 4.49. The maximum Gasteiger partial charge on any atom is 0.214 e. The minimum absolute atomic E-state index is 0.0938. The van der Waals surface area contributed by atoms with Crippen molar-refractivity contribution in [3.05, 3.63) is 28.5 Å². The van der Waals surface area contributed by atoms with E-state index in [2.05, 4.69) is 26.2 Å². The fourth-order valence-corrected chi connectivity index (χ4v) is 2.11. The zero-order valence-electron chi connectivity index (χ0n) is 9.85. The highest BCUT2D eigenvalue weighted by Gasteiger charge is 2.12. The van der Waals surface area contributed by atoms with E-state index < -0.39 is 10.0 Å². The SMILES string of the molecule is CN(C)S(=O)(=O)CCNCc1ccc(Br)cn1. The molecule has 1 aromatic heterocycles. The lowest BCUT2D eigenvalue weighted by Gasteiger charge is -2.11. The van der Waals surface area contributed by atoms with Gasteiger partial charge in [0, 0.05) is 37.9 Å². The van der Waals surface area contributed by atoms with Crippen molar-refractivity contribution in [1.29, 1.82) is 0 Å². The molecule has 1 aromatic rings. The first-order valence-electron chi connectivity index (χ1n) is 5.13. The number of halogens is 1. The molecule has 96 valence electrons. The van der Waals surface area contributed by atoms with E-state index in [0.29, 0.717) is 13.1 Å². The third kappa shape index (κ3) is 5.12. The summed E-state index contributed by atoms with van der Waals surface area (Å²) in [6, 6.07) is 3.79. The number of nitrogens with one attached hydrogen (secondary N) is 1. The summed E-state index contributed by atoms with van der Waals surface area (Å²) in [7, 11) is -0.0497. The van der Waals surface area contributed by atoms with Crippen molar-refractivity contribution in [3.8, 4) is 0 Å². The minimum atomic E-state index is -3.12. The van der Waals surface area contributed by atoms with Gasteiger partial charge >= 0.3 is 0 Å². The van der Waals surface area contributed by atoms with Crippen LogP contribution in [0.4, 0.5) is 0 Å². The average molecular weight is 322 g/mol. The predicted molar refractivity (Wildman–Crippen MR) is 71.1 cm³/mol. The highest BCUT2D eigenvalue weighted by Crippen LogP contribution is 2.06. The number of aromatic nitrogens is 1. The molecule has 17 heavy (non-hydrogen) atoms. The molecule has 0 radical (unpaired) electrons. The molecule has 0 aromatic carbocycles. The minimum Gasteiger partial charge on any atom is -0.310 e. The van der Waals surface area contributed by atoms with Crippen LogP contribution in [-0.2, 0) is 16.6 Å². The molecular weight excluding hydrogens is 306 g/mol. The monoisotopic (exact) mass is 321 g/mol. The molecule has 0 fully saturated rings. The van der Waals surface area contributed by atoms with Gasteiger partial charge in [0.1, 0.15) is 0 Å². The summed E-state index contributed by atoms with van der Waals surface area (Å²) in [4.78, 5) is 4.18. The molecule has 1 N–H and O–H groups in total. The van der Waals surface area contributed by atoms with Gasteiger partial charge in [0.2, 0.25) is 10.0 Å². The van der Waals surface area contributed by atoms with Crippen LogP contribution in [0.15, 0.2) is 22.8 Å². The van der Waals surface area contributed by atoms with Crippen LogP contribution < -0.4 is 5.32 Å². The molecule has 0 aliphatic carbocycles. The van der Waals surface area contributed by atoms with Crippen LogP contribution in [0.1, 0.15) is 5.69 Å². The van der Waals surface area contributed by atoms with Gasteiger partial charge in [-0.15, -0.1) is 0 Å². The number of nitrogens with zero attached hydrogens (tertiary/aromatic N) is 2. The van der Waals surface area contributed by atoms with Gasteiger partial charge in [-0.25, -0.2) is 12.7 Å². The summed E-state index contributed by atoms with van der Waals surface area (Å²) in [5, 5.41) is 3.05. The Hall–Kier alpha value is -0.500. The van der Waals surface area contributed by atoms with Gasteiger partial charge in [0.05, 0.1) is 11.4 Å². The smallest absolute Gasteiger partial charge is 0.214 e. The molecule has 5 nitrogen and oxygen atoms in total. The Kier molecular flexibility index (Phi) is 5.51.